The molecule has 0 aliphatic rings. The third-order valence-corrected chi connectivity index (χ3v) is 3.94. The zero-order chi connectivity index (χ0) is 17.3. The lowest BCUT2D eigenvalue weighted by molar-refractivity contribution is -0.118. The Morgan fingerprint density at radius 3 is 2.36 bits per heavy atom. The van der Waals surface area contributed by atoms with Crippen molar-refractivity contribution in [2.45, 2.75) is 18.9 Å². The zero-order valence-corrected chi connectivity index (χ0v) is 14.0. The summed E-state index contributed by atoms with van der Waals surface area (Å²) in [4.78, 5) is 21.3. The van der Waals surface area contributed by atoms with Gasteiger partial charge in [0.25, 0.3) is 0 Å². The van der Waals surface area contributed by atoms with E-state index in [1.54, 1.807) is 18.6 Å². The van der Waals surface area contributed by atoms with Crippen LogP contribution in [0, 0.1) is 0 Å². The summed E-state index contributed by atoms with van der Waals surface area (Å²) in [5, 5.41) is 0. The summed E-state index contributed by atoms with van der Waals surface area (Å²) in [6.07, 6.45) is 6.11. The normalized spacial score (nSPS) is 12.2. The van der Waals surface area contributed by atoms with Crippen molar-refractivity contribution >= 4 is 12.0 Å². The Kier molecular flexibility index (Phi) is 5.83. The second-order valence-electron chi connectivity index (χ2n) is 5.90. The van der Waals surface area contributed by atoms with Crippen molar-refractivity contribution in [3.63, 3.8) is 0 Å². The Hall–Kier alpha value is -3.07. The first-order chi connectivity index (χ1) is 12.3. The molecule has 0 aliphatic heterocycles. The lowest BCUT2D eigenvalue weighted by Crippen LogP contribution is -2.09. The van der Waals surface area contributed by atoms with Crippen LogP contribution in [0.2, 0.25) is 0 Å². The molecule has 0 bridgehead atoms. The molecule has 1 unspecified atom stereocenters. The van der Waals surface area contributed by atoms with E-state index in [0.29, 0.717) is 12.8 Å². The monoisotopic (exact) mass is 328 g/mol. The molecule has 1 atom stereocenters. The van der Waals surface area contributed by atoms with Gasteiger partial charge < -0.3 is 0 Å². The van der Waals surface area contributed by atoms with Gasteiger partial charge in [0.15, 0.2) is 0 Å². The smallest absolute Gasteiger partial charge is 0.139 e. The summed E-state index contributed by atoms with van der Waals surface area (Å²) in [5.74, 6) is 0.184. The summed E-state index contributed by atoms with van der Waals surface area (Å²) in [7, 11) is 0. The number of ketones is 1. The maximum absolute atomic E-state index is 12.5. The summed E-state index contributed by atoms with van der Waals surface area (Å²) in [6, 6.07) is 23.4. The number of nitrogens with zero attached hydrogens (tertiary/aromatic N) is 2. The van der Waals surface area contributed by atoms with Gasteiger partial charge in [-0.3, -0.25) is 14.8 Å². The molecule has 1 heterocycles. The number of aliphatic imine (C=N–C) groups is 1. The number of aromatic nitrogens is 1. The van der Waals surface area contributed by atoms with Crippen molar-refractivity contribution in [3.05, 3.63) is 102 Å². The highest BCUT2D eigenvalue weighted by Gasteiger charge is 2.15. The lowest BCUT2D eigenvalue weighted by atomic mass is 9.98. The number of carbonyl (C=O) groups is 1. The van der Waals surface area contributed by atoms with Gasteiger partial charge in [0.1, 0.15) is 5.78 Å². The molecule has 1 aromatic heterocycles. The molecular weight excluding hydrogens is 308 g/mol. The van der Waals surface area contributed by atoms with Crippen LogP contribution in [0.5, 0.6) is 0 Å². The lowest BCUT2D eigenvalue weighted by Gasteiger charge is -2.12. The number of Topliss-reactive ketones (excluding diaryl/α,β-unsaturated/α-hetero) is 1. The average Bonchev–Trinajstić information content (AvgIpc) is 2.67. The number of hydrogen-bond donors (Lipinski definition) is 0. The van der Waals surface area contributed by atoms with Crippen LogP contribution < -0.4 is 0 Å². The van der Waals surface area contributed by atoms with Gasteiger partial charge in [-0.25, -0.2) is 0 Å². The van der Waals surface area contributed by atoms with E-state index in [2.05, 4.69) is 9.98 Å². The minimum absolute atomic E-state index is 0.183. The highest BCUT2D eigenvalue weighted by molar-refractivity contribution is 5.83. The summed E-state index contributed by atoms with van der Waals surface area (Å²) >= 11 is 0. The van der Waals surface area contributed by atoms with Crippen LogP contribution in [0.4, 0.5) is 0 Å². The molecule has 3 nitrogen and oxygen atoms in total. The number of hydrogen-bond acceptors (Lipinski definition) is 3. The van der Waals surface area contributed by atoms with E-state index in [-0.39, 0.29) is 11.8 Å². The molecular formula is C22H20N2O. The Balaban J connectivity index is 1.75. The average molecular weight is 328 g/mol. The van der Waals surface area contributed by atoms with E-state index in [1.165, 1.54) is 0 Å². The fourth-order valence-electron chi connectivity index (χ4n) is 2.67. The molecule has 124 valence electrons. The maximum Gasteiger partial charge on any atom is 0.139 e. The Morgan fingerprint density at radius 2 is 1.68 bits per heavy atom. The van der Waals surface area contributed by atoms with Crippen molar-refractivity contribution in [1.29, 1.82) is 0 Å². The number of benzene rings is 2. The predicted molar refractivity (Wildman–Crippen MR) is 101 cm³/mol. The maximum atomic E-state index is 12.5. The molecule has 3 aromatic rings. The van der Waals surface area contributed by atoms with Crippen molar-refractivity contribution in [2.24, 2.45) is 4.99 Å². The topological polar surface area (TPSA) is 42.3 Å². The summed E-state index contributed by atoms with van der Waals surface area (Å²) in [5.41, 5.74) is 3.01. The highest BCUT2D eigenvalue weighted by Crippen LogP contribution is 2.22. The molecule has 25 heavy (non-hydrogen) atoms. The number of rotatable bonds is 7. The van der Waals surface area contributed by atoms with Crippen LogP contribution in [-0.4, -0.2) is 17.0 Å². The van der Waals surface area contributed by atoms with Crippen molar-refractivity contribution in [1.82, 2.24) is 4.98 Å². The first-order valence-corrected chi connectivity index (χ1v) is 8.35. The molecule has 2 aromatic carbocycles. The molecule has 0 spiro atoms. The van der Waals surface area contributed by atoms with Crippen molar-refractivity contribution in [2.75, 3.05) is 0 Å². The third-order valence-electron chi connectivity index (χ3n) is 3.94. The summed E-state index contributed by atoms with van der Waals surface area (Å²) < 4.78 is 0. The van der Waals surface area contributed by atoms with Gasteiger partial charge in [-0.1, -0.05) is 66.7 Å². The van der Waals surface area contributed by atoms with Crippen LogP contribution in [0.25, 0.3) is 0 Å². The molecule has 3 heteroatoms. The van der Waals surface area contributed by atoms with Crippen LogP contribution in [0.3, 0.4) is 0 Å². The molecule has 0 saturated heterocycles. The van der Waals surface area contributed by atoms with Gasteiger partial charge in [-0.05, 0) is 17.2 Å². The van der Waals surface area contributed by atoms with E-state index in [4.69, 9.17) is 0 Å². The van der Waals surface area contributed by atoms with Crippen LogP contribution in [0.15, 0.2) is 90.2 Å². The molecule has 0 aliphatic carbocycles. The van der Waals surface area contributed by atoms with E-state index in [9.17, 15) is 4.79 Å². The van der Waals surface area contributed by atoms with Gasteiger partial charge in [-0.15, -0.1) is 0 Å². The second-order valence-corrected chi connectivity index (χ2v) is 5.90. The Bertz CT molecular complexity index is 814. The molecule has 0 amide bonds. The van der Waals surface area contributed by atoms with E-state index >= 15 is 0 Å². The SMILES string of the molecule is O=C(Cc1ccccc1)CC(/N=C/c1cccnc1)c1ccccc1. The molecule has 0 saturated carbocycles. The highest BCUT2D eigenvalue weighted by atomic mass is 16.1. The standard InChI is InChI=1S/C22H20N2O/c25-21(14-18-8-3-1-4-9-18)15-22(20-11-5-2-6-12-20)24-17-19-10-7-13-23-16-19/h1-13,16-17,22H,14-15H2/b24-17+. The van der Waals surface area contributed by atoms with E-state index in [1.807, 2.05) is 72.8 Å². The van der Waals surface area contributed by atoms with Gasteiger partial charge in [-0.2, -0.15) is 0 Å². The fraction of sp³-hybridized carbons (Fsp3) is 0.136. The van der Waals surface area contributed by atoms with Crippen LogP contribution in [0.1, 0.15) is 29.2 Å². The minimum atomic E-state index is -0.183. The zero-order valence-electron chi connectivity index (χ0n) is 14.0. The molecule has 0 radical (unpaired) electrons. The van der Waals surface area contributed by atoms with Gasteiger partial charge >= 0.3 is 0 Å². The number of pyridine rings is 1. The molecule has 0 fully saturated rings. The fourth-order valence-corrected chi connectivity index (χ4v) is 2.67. The van der Waals surface area contributed by atoms with Gasteiger partial charge in [0.2, 0.25) is 0 Å². The minimum Gasteiger partial charge on any atom is -0.299 e. The van der Waals surface area contributed by atoms with Crippen LogP contribution in [-0.2, 0) is 11.2 Å². The quantitative estimate of drug-likeness (QED) is 0.602. The first kappa shape index (κ1) is 16.8. The second kappa shape index (κ2) is 8.69. The largest absolute Gasteiger partial charge is 0.299 e. The predicted octanol–water partition coefficient (Wildman–Crippen LogP) is 4.44. The molecule has 0 N–H and O–H groups in total. The van der Waals surface area contributed by atoms with Gasteiger partial charge in [0, 0.05) is 37.0 Å². The van der Waals surface area contributed by atoms with Crippen molar-refractivity contribution < 1.29 is 4.79 Å². The third kappa shape index (κ3) is 5.21. The Morgan fingerprint density at radius 1 is 0.960 bits per heavy atom. The van der Waals surface area contributed by atoms with Crippen LogP contribution >= 0.6 is 0 Å². The molecule has 3 rings (SSSR count). The summed E-state index contributed by atoms with van der Waals surface area (Å²) in [6.45, 7) is 0. The van der Waals surface area contributed by atoms with E-state index in [0.717, 1.165) is 16.7 Å². The van der Waals surface area contributed by atoms with E-state index < -0.39 is 0 Å². The van der Waals surface area contributed by atoms with Gasteiger partial charge in [0.05, 0.1) is 6.04 Å². The first-order valence-electron chi connectivity index (χ1n) is 8.35. The Labute approximate surface area is 148 Å². The van der Waals surface area contributed by atoms with Crippen molar-refractivity contribution in [3.8, 4) is 0 Å². The number of carbonyl (C=O) groups excluding carboxylic acids is 1.